The van der Waals surface area contributed by atoms with Crippen LogP contribution >= 0.6 is 0 Å². The maximum absolute atomic E-state index is 8.76. The van der Waals surface area contributed by atoms with E-state index in [1.807, 2.05) is 13.8 Å². The third-order valence-corrected chi connectivity index (χ3v) is 1.70. The Morgan fingerprint density at radius 3 is 2.75 bits per heavy atom. The van der Waals surface area contributed by atoms with Crippen molar-refractivity contribution in [2.45, 2.75) is 19.8 Å². The molecule has 0 aliphatic rings. The van der Waals surface area contributed by atoms with E-state index in [0.717, 1.165) is 5.56 Å². The smallest absolute Gasteiger partial charge is 0.124 e. The summed E-state index contributed by atoms with van der Waals surface area (Å²) in [6, 6.07) is 3.70. The summed E-state index contributed by atoms with van der Waals surface area (Å²) in [7, 11) is 0. The van der Waals surface area contributed by atoms with Crippen LogP contribution in [0.3, 0.4) is 0 Å². The van der Waals surface area contributed by atoms with Gasteiger partial charge in [0.15, 0.2) is 0 Å². The van der Waals surface area contributed by atoms with Crippen LogP contribution in [0.4, 0.5) is 5.82 Å². The Balaban J connectivity index is 3.23. The normalized spacial score (nSPS) is 9.83. The van der Waals surface area contributed by atoms with Gasteiger partial charge < -0.3 is 5.73 Å². The van der Waals surface area contributed by atoms with Crippen LogP contribution in [0.5, 0.6) is 0 Å². The van der Waals surface area contributed by atoms with Gasteiger partial charge in [-0.1, -0.05) is 13.8 Å². The lowest BCUT2D eigenvalue weighted by Gasteiger charge is -2.06. The Morgan fingerprint density at radius 1 is 1.58 bits per heavy atom. The predicted molar refractivity (Wildman–Crippen MR) is 47.5 cm³/mol. The van der Waals surface area contributed by atoms with Crippen molar-refractivity contribution in [1.82, 2.24) is 4.98 Å². The van der Waals surface area contributed by atoms with Gasteiger partial charge in [-0.3, -0.25) is 0 Å². The molecule has 2 N–H and O–H groups in total. The second-order valence-electron chi connectivity index (χ2n) is 2.96. The molecule has 0 amide bonds. The molecule has 0 radical (unpaired) electrons. The topological polar surface area (TPSA) is 62.7 Å². The Kier molecular flexibility index (Phi) is 2.29. The molecule has 0 fully saturated rings. The molecular weight excluding hydrogens is 150 g/mol. The molecule has 0 aliphatic carbocycles. The number of pyridine rings is 1. The first-order chi connectivity index (χ1) is 5.65. The Hall–Kier alpha value is -1.56. The first-order valence-electron chi connectivity index (χ1n) is 3.80. The molecule has 1 aromatic rings. The van der Waals surface area contributed by atoms with Gasteiger partial charge in [0, 0.05) is 6.20 Å². The van der Waals surface area contributed by atoms with E-state index in [-0.39, 0.29) is 0 Å². The van der Waals surface area contributed by atoms with Crippen LogP contribution in [0.1, 0.15) is 30.9 Å². The van der Waals surface area contributed by atoms with Crippen LogP contribution < -0.4 is 5.73 Å². The van der Waals surface area contributed by atoms with Crippen LogP contribution in [-0.2, 0) is 0 Å². The van der Waals surface area contributed by atoms with Gasteiger partial charge in [0.05, 0.1) is 11.6 Å². The summed E-state index contributed by atoms with van der Waals surface area (Å²) >= 11 is 0. The summed E-state index contributed by atoms with van der Waals surface area (Å²) in [4.78, 5) is 3.94. The van der Waals surface area contributed by atoms with Gasteiger partial charge in [-0.25, -0.2) is 4.98 Å². The van der Waals surface area contributed by atoms with Crippen LogP contribution in [0.25, 0.3) is 0 Å². The highest BCUT2D eigenvalue weighted by molar-refractivity contribution is 5.45. The van der Waals surface area contributed by atoms with Crippen LogP contribution in [0.2, 0.25) is 0 Å². The van der Waals surface area contributed by atoms with Crippen molar-refractivity contribution in [1.29, 1.82) is 5.26 Å². The number of nitrogens with two attached hydrogens (primary N) is 1. The van der Waals surface area contributed by atoms with Crippen molar-refractivity contribution < 1.29 is 0 Å². The molecule has 0 saturated heterocycles. The van der Waals surface area contributed by atoms with Crippen molar-refractivity contribution in [3.8, 4) is 6.07 Å². The van der Waals surface area contributed by atoms with Crippen molar-refractivity contribution in [2.75, 3.05) is 5.73 Å². The third kappa shape index (κ3) is 1.54. The van der Waals surface area contributed by atoms with Gasteiger partial charge in [0.25, 0.3) is 0 Å². The van der Waals surface area contributed by atoms with Crippen molar-refractivity contribution in [2.24, 2.45) is 0 Å². The highest BCUT2D eigenvalue weighted by atomic mass is 14.8. The Labute approximate surface area is 71.8 Å². The second kappa shape index (κ2) is 3.22. The number of hydrogen-bond acceptors (Lipinski definition) is 3. The van der Waals surface area contributed by atoms with Crippen molar-refractivity contribution in [3.63, 3.8) is 0 Å². The fraction of sp³-hybridized carbons (Fsp3) is 0.333. The summed E-state index contributed by atoms with van der Waals surface area (Å²) in [6.45, 7) is 4.04. The predicted octanol–water partition coefficient (Wildman–Crippen LogP) is 1.66. The molecule has 1 heterocycles. The largest absolute Gasteiger partial charge is 0.384 e. The van der Waals surface area contributed by atoms with Crippen LogP contribution in [0.15, 0.2) is 12.3 Å². The lowest BCUT2D eigenvalue weighted by Crippen LogP contribution is -1.97. The number of rotatable bonds is 1. The lowest BCUT2D eigenvalue weighted by molar-refractivity contribution is 0.854. The van der Waals surface area contributed by atoms with Crippen LogP contribution in [0, 0.1) is 11.3 Å². The molecule has 3 nitrogen and oxygen atoms in total. The fourth-order valence-corrected chi connectivity index (χ4v) is 1.04. The number of nitrogens with zero attached hydrogens (tertiary/aromatic N) is 2. The van der Waals surface area contributed by atoms with Gasteiger partial charge >= 0.3 is 0 Å². The zero-order chi connectivity index (χ0) is 9.14. The molecule has 0 aliphatic heterocycles. The summed E-state index contributed by atoms with van der Waals surface area (Å²) in [5, 5.41) is 8.76. The van der Waals surface area contributed by atoms with Gasteiger partial charge in [0.1, 0.15) is 5.82 Å². The number of nitriles is 1. The van der Waals surface area contributed by atoms with Crippen molar-refractivity contribution >= 4 is 5.82 Å². The summed E-state index contributed by atoms with van der Waals surface area (Å²) in [5.41, 5.74) is 7.01. The van der Waals surface area contributed by atoms with E-state index < -0.39 is 0 Å². The fourth-order valence-electron chi connectivity index (χ4n) is 1.04. The van der Waals surface area contributed by atoms with E-state index in [4.69, 9.17) is 11.0 Å². The second-order valence-corrected chi connectivity index (χ2v) is 2.96. The van der Waals surface area contributed by atoms with E-state index in [2.05, 4.69) is 11.1 Å². The van der Waals surface area contributed by atoms with E-state index in [1.54, 1.807) is 12.3 Å². The summed E-state index contributed by atoms with van der Waals surface area (Å²) in [6.07, 6.45) is 1.67. The first-order valence-corrected chi connectivity index (χ1v) is 3.80. The van der Waals surface area contributed by atoms with Gasteiger partial charge in [-0.2, -0.15) is 5.26 Å². The monoisotopic (exact) mass is 161 g/mol. The number of nitrogen functional groups attached to an aromatic ring is 1. The molecule has 0 aromatic carbocycles. The minimum Gasteiger partial charge on any atom is -0.384 e. The number of aromatic nitrogens is 1. The summed E-state index contributed by atoms with van der Waals surface area (Å²) < 4.78 is 0. The Morgan fingerprint density at radius 2 is 2.25 bits per heavy atom. The SMILES string of the molecule is CC(C)c1cnc(N)cc1C#N. The lowest BCUT2D eigenvalue weighted by atomic mass is 10.0. The van der Waals surface area contributed by atoms with Crippen LogP contribution in [-0.4, -0.2) is 4.98 Å². The third-order valence-electron chi connectivity index (χ3n) is 1.70. The molecule has 0 saturated carbocycles. The molecule has 0 bridgehead atoms. The molecule has 62 valence electrons. The molecule has 0 unspecified atom stereocenters. The van der Waals surface area contributed by atoms with E-state index in [0.29, 0.717) is 17.3 Å². The molecule has 3 heteroatoms. The van der Waals surface area contributed by atoms with Gasteiger partial charge in [0.2, 0.25) is 0 Å². The van der Waals surface area contributed by atoms with Gasteiger partial charge in [-0.15, -0.1) is 0 Å². The average Bonchev–Trinajstić information content (AvgIpc) is 2.03. The minimum atomic E-state index is 0.313. The molecule has 1 aromatic heterocycles. The minimum absolute atomic E-state index is 0.313. The van der Waals surface area contributed by atoms with E-state index in [9.17, 15) is 0 Å². The zero-order valence-corrected chi connectivity index (χ0v) is 7.20. The quantitative estimate of drug-likeness (QED) is 0.681. The maximum atomic E-state index is 8.76. The van der Waals surface area contributed by atoms with E-state index in [1.165, 1.54) is 0 Å². The summed E-state index contributed by atoms with van der Waals surface area (Å²) in [5.74, 6) is 0.712. The Bertz CT molecular complexity index is 323. The van der Waals surface area contributed by atoms with E-state index >= 15 is 0 Å². The zero-order valence-electron chi connectivity index (χ0n) is 7.20. The number of anilines is 1. The first kappa shape index (κ1) is 8.54. The molecule has 0 atom stereocenters. The van der Waals surface area contributed by atoms with Gasteiger partial charge in [-0.05, 0) is 17.5 Å². The number of hydrogen-bond donors (Lipinski definition) is 1. The molecular formula is C9H11N3. The average molecular weight is 161 g/mol. The standard InChI is InChI=1S/C9H11N3/c1-6(2)8-5-12-9(11)3-7(8)4-10/h3,5-6H,1-2H3,(H2,11,12). The van der Waals surface area contributed by atoms with Crippen molar-refractivity contribution in [3.05, 3.63) is 23.4 Å². The highest BCUT2D eigenvalue weighted by Crippen LogP contribution is 2.18. The molecule has 12 heavy (non-hydrogen) atoms. The molecule has 0 spiro atoms. The molecule has 1 rings (SSSR count). The highest BCUT2D eigenvalue weighted by Gasteiger charge is 2.06. The maximum Gasteiger partial charge on any atom is 0.124 e.